The Kier molecular flexibility index (Phi) is 5.12. The molecule has 0 radical (unpaired) electrons. The summed E-state index contributed by atoms with van der Waals surface area (Å²) >= 11 is 0. The molecule has 0 N–H and O–H groups in total. The maximum absolute atomic E-state index is 6.02. The van der Waals surface area contributed by atoms with Crippen molar-refractivity contribution in [1.82, 2.24) is 24.6 Å². The van der Waals surface area contributed by atoms with E-state index in [1.807, 2.05) is 17.8 Å². The van der Waals surface area contributed by atoms with E-state index >= 15 is 0 Å². The van der Waals surface area contributed by atoms with Gasteiger partial charge in [0.2, 0.25) is 0 Å². The number of aryl methyl sites for hydroxylation is 2. The predicted octanol–water partition coefficient (Wildman–Crippen LogP) is 3.38. The second-order valence-corrected chi connectivity index (χ2v) is 10.9. The Hall–Kier alpha value is -2.55. The van der Waals surface area contributed by atoms with Crippen molar-refractivity contribution in [2.45, 2.75) is 57.1 Å². The molecule has 8 nitrogen and oxygen atoms in total. The predicted molar refractivity (Wildman–Crippen MR) is 134 cm³/mol. The lowest BCUT2D eigenvalue weighted by Crippen LogP contribution is -2.51. The average molecular weight is 475 g/mol. The van der Waals surface area contributed by atoms with Crippen molar-refractivity contribution in [2.75, 3.05) is 50.9 Å². The third kappa shape index (κ3) is 3.92. The number of anilines is 1. The number of likely N-dealkylation sites (tertiary alicyclic amines) is 1. The lowest BCUT2D eigenvalue weighted by atomic mass is 9.85. The number of nitrogens with zero attached hydrogens (tertiary/aromatic N) is 6. The number of ether oxygens (including phenoxy) is 2. The molecule has 1 spiro atoms. The van der Waals surface area contributed by atoms with E-state index in [1.165, 1.54) is 24.0 Å². The molecule has 0 bridgehead atoms. The summed E-state index contributed by atoms with van der Waals surface area (Å²) in [6, 6.07) is 7.40. The van der Waals surface area contributed by atoms with Gasteiger partial charge in [0.1, 0.15) is 11.6 Å². The highest BCUT2D eigenvalue weighted by Gasteiger charge is 2.47. The van der Waals surface area contributed by atoms with Gasteiger partial charge in [-0.25, -0.2) is 14.6 Å². The molecule has 8 heteroatoms. The number of benzene rings is 1. The van der Waals surface area contributed by atoms with Gasteiger partial charge in [0, 0.05) is 24.5 Å². The van der Waals surface area contributed by atoms with Gasteiger partial charge in [0.05, 0.1) is 43.2 Å². The monoisotopic (exact) mass is 474 g/mol. The summed E-state index contributed by atoms with van der Waals surface area (Å²) in [5.74, 6) is 3.18. The third-order valence-corrected chi connectivity index (χ3v) is 8.47. The van der Waals surface area contributed by atoms with Crippen molar-refractivity contribution in [3.63, 3.8) is 0 Å². The Balaban J connectivity index is 1.19. The first-order chi connectivity index (χ1) is 17.1. The molecule has 4 aliphatic rings. The molecule has 2 aromatic heterocycles. The summed E-state index contributed by atoms with van der Waals surface area (Å²) in [6.07, 6.45) is 6.68. The van der Waals surface area contributed by atoms with E-state index in [4.69, 9.17) is 24.5 Å². The summed E-state index contributed by atoms with van der Waals surface area (Å²) in [4.78, 5) is 14.5. The number of hydrogen-bond donors (Lipinski definition) is 0. The number of fused-ring (bicyclic) bond motifs is 1. The molecule has 7 rings (SSSR count). The maximum atomic E-state index is 6.02. The van der Waals surface area contributed by atoms with Crippen LogP contribution < -0.4 is 4.90 Å². The lowest BCUT2D eigenvalue weighted by Gasteiger charge is -2.41. The van der Waals surface area contributed by atoms with Gasteiger partial charge in [-0.1, -0.05) is 0 Å². The molecule has 0 unspecified atom stereocenters. The number of aromatic nitrogens is 4. The Morgan fingerprint density at radius 3 is 2.51 bits per heavy atom. The van der Waals surface area contributed by atoms with Gasteiger partial charge in [-0.3, -0.25) is 4.90 Å². The lowest BCUT2D eigenvalue weighted by molar-refractivity contribution is -0.0712. The van der Waals surface area contributed by atoms with Crippen LogP contribution in [0.25, 0.3) is 16.7 Å². The normalized spacial score (nSPS) is 23.2. The van der Waals surface area contributed by atoms with Gasteiger partial charge in [0.15, 0.2) is 5.82 Å². The molecule has 1 aliphatic carbocycles. The molecule has 0 amide bonds. The molecule has 1 saturated carbocycles. The molecule has 3 saturated heterocycles. The van der Waals surface area contributed by atoms with Crippen molar-refractivity contribution in [1.29, 1.82) is 0 Å². The summed E-state index contributed by atoms with van der Waals surface area (Å²) in [6.45, 7) is 10.9. The van der Waals surface area contributed by atoms with Crippen LogP contribution in [-0.2, 0) is 9.47 Å². The minimum Gasteiger partial charge on any atom is -0.378 e. The SMILES string of the molecule is Cc1nc(N2CCOC3(CC3)C2)cc(-n2ncc3cc(C)c(C4CCN(C5COC5)CC4)cc32)n1. The number of rotatable bonds is 4. The van der Waals surface area contributed by atoms with Gasteiger partial charge < -0.3 is 14.4 Å². The zero-order chi connectivity index (χ0) is 23.6. The molecule has 3 aromatic rings. The summed E-state index contributed by atoms with van der Waals surface area (Å²) < 4.78 is 13.4. The molecule has 184 valence electrons. The fourth-order valence-electron chi connectivity index (χ4n) is 6.13. The number of hydrogen-bond acceptors (Lipinski definition) is 7. The quantitative estimate of drug-likeness (QED) is 0.574. The molecule has 1 aromatic carbocycles. The van der Waals surface area contributed by atoms with Crippen LogP contribution in [0.1, 0.15) is 48.6 Å². The largest absolute Gasteiger partial charge is 0.378 e. The van der Waals surface area contributed by atoms with Crippen LogP contribution in [0.15, 0.2) is 24.4 Å². The van der Waals surface area contributed by atoms with Gasteiger partial charge in [-0.05, 0) is 81.8 Å². The van der Waals surface area contributed by atoms with Crippen LogP contribution in [-0.4, -0.2) is 82.3 Å². The first-order valence-electron chi connectivity index (χ1n) is 13.1. The van der Waals surface area contributed by atoms with E-state index in [1.54, 1.807) is 0 Å². The Morgan fingerprint density at radius 2 is 1.77 bits per heavy atom. The second kappa shape index (κ2) is 8.25. The summed E-state index contributed by atoms with van der Waals surface area (Å²) in [5.41, 5.74) is 4.01. The van der Waals surface area contributed by atoms with Crippen LogP contribution in [0.2, 0.25) is 0 Å². The van der Waals surface area contributed by atoms with Crippen molar-refractivity contribution < 1.29 is 9.47 Å². The highest BCUT2D eigenvalue weighted by atomic mass is 16.5. The van der Waals surface area contributed by atoms with Crippen LogP contribution >= 0.6 is 0 Å². The van der Waals surface area contributed by atoms with Crippen LogP contribution in [0.4, 0.5) is 5.82 Å². The van der Waals surface area contributed by atoms with Crippen molar-refractivity contribution in [3.05, 3.63) is 41.3 Å². The Morgan fingerprint density at radius 1 is 0.971 bits per heavy atom. The van der Waals surface area contributed by atoms with E-state index in [9.17, 15) is 0 Å². The number of morpholine rings is 1. The van der Waals surface area contributed by atoms with Crippen molar-refractivity contribution in [2.24, 2.45) is 0 Å². The topological polar surface area (TPSA) is 68.5 Å². The second-order valence-electron chi connectivity index (χ2n) is 10.9. The molecule has 3 aliphatic heterocycles. The molecule has 4 fully saturated rings. The highest BCUT2D eigenvalue weighted by molar-refractivity contribution is 5.82. The minimum absolute atomic E-state index is 0.0589. The van der Waals surface area contributed by atoms with Gasteiger partial charge in [-0.2, -0.15) is 5.10 Å². The molecular formula is C27H34N6O2. The van der Waals surface area contributed by atoms with Crippen molar-refractivity contribution >= 4 is 16.7 Å². The van der Waals surface area contributed by atoms with E-state index in [0.29, 0.717) is 12.0 Å². The van der Waals surface area contributed by atoms with Gasteiger partial charge in [0.25, 0.3) is 0 Å². The fraction of sp³-hybridized carbons (Fsp3) is 0.593. The molecule has 35 heavy (non-hydrogen) atoms. The first-order valence-corrected chi connectivity index (χ1v) is 13.1. The standard InChI is InChI=1S/C27H34N6O2/c1-18-11-21-14-28-33(24(21)12-23(18)20-3-7-31(8-4-20)22-15-34-16-22)26-13-25(29-19(2)30-26)32-9-10-35-27(17-32)5-6-27/h11-14,20,22H,3-10,15-17H2,1-2H3. The molecular weight excluding hydrogens is 440 g/mol. The van der Waals surface area contributed by atoms with Crippen LogP contribution in [0.3, 0.4) is 0 Å². The van der Waals surface area contributed by atoms with E-state index in [2.05, 4.69) is 34.9 Å². The van der Waals surface area contributed by atoms with Gasteiger partial charge >= 0.3 is 0 Å². The number of piperidine rings is 1. The minimum atomic E-state index is 0.0589. The highest BCUT2D eigenvalue weighted by Crippen LogP contribution is 2.43. The van der Waals surface area contributed by atoms with Gasteiger partial charge in [-0.15, -0.1) is 0 Å². The summed E-state index contributed by atoms with van der Waals surface area (Å²) in [7, 11) is 0. The smallest absolute Gasteiger partial charge is 0.159 e. The van der Waals surface area contributed by atoms with Crippen molar-refractivity contribution in [3.8, 4) is 5.82 Å². The van der Waals surface area contributed by atoms with E-state index < -0.39 is 0 Å². The Bertz CT molecular complexity index is 1260. The molecule has 5 heterocycles. The van der Waals surface area contributed by atoms with E-state index in [-0.39, 0.29) is 5.60 Å². The Labute approximate surface area is 206 Å². The summed E-state index contributed by atoms with van der Waals surface area (Å²) in [5, 5.41) is 5.94. The fourth-order valence-corrected chi connectivity index (χ4v) is 6.13. The zero-order valence-corrected chi connectivity index (χ0v) is 20.7. The average Bonchev–Trinajstić information content (AvgIpc) is 3.43. The third-order valence-electron chi connectivity index (χ3n) is 8.47. The molecule has 0 atom stereocenters. The first kappa shape index (κ1) is 21.7. The van der Waals surface area contributed by atoms with Crippen LogP contribution in [0, 0.1) is 13.8 Å². The van der Waals surface area contributed by atoms with Crippen LogP contribution in [0.5, 0.6) is 0 Å². The van der Waals surface area contributed by atoms with E-state index in [0.717, 1.165) is 87.2 Å². The zero-order valence-electron chi connectivity index (χ0n) is 20.7. The maximum Gasteiger partial charge on any atom is 0.159 e.